The predicted octanol–water partition coefficient (Wildman–Crippen LogP) is 2.99. The minimum atomic E-state index is 0.556. The molecule has 2 aromatic rings. The van der Waals surface area contributed by atoms with Crippen molar-refractivity contribution < 1.29 is 4.79 Å². The summed E-state index contributed by atoms with van der Waals surface area (Å²) in [4.78, 5) is 14.9. The van der Waals surface area contributed by atoms with Crippen molar-refractivity contribution >= 4 is 6.29 Å². The summed E-state index contributed by atoms with van der Waals surface area (Å²) in [6.07, 6.45) is 4.27. The zero-order valence-corrected chi connectivity index (χ0v) is 9.89. The zero-order valence-electron chi connectivity index (χ0n) is 9.89. The Morgan fingerprint density at radius 2 is 2.06 bits per heavy atom. The van der Waals surface area contributed by atoms with Crippen LogP contribution in [0.2, 0.25) is 0 Å². The van der Waals surface area contributed by atoms with E-state index in [0.29, 0.717) is 5.69 Å². The number of nitrogens with zero attached hydrogens (tertiary/aromatic N) is 1. The molecule has 0 aliphatic heterocycles. The van der Waals surface area contributed by atoms with Gasteiger partial charge in [0.25, 0.3) is 0 Å². The fraction of sp³-hybridized carbons (Fsp3) is 0.200. The number of hydrogen-bond donors (Lipinski definition) is 0. The number of rotatable bonds is 4. The average molecular weight is 225 g/mol. The molecule has 1 aromatic heterocycles. The minimum absolute atomic E-state index is 0.556. The van der Waals surface area contributed by atoms with Gasteiger partial charge < -0.3 is 0 Å². The first-order chi connectivity index (χ1) is 8.29. The molecule has 0 fully saturated rings. The van der Waals surface area contributed by atoms with E-state index >= 15 is 0 Å². The molecule has 0 N–H and O–H groups in total. The second-order valence-electron chi connectivity index (χ2n) is 4.15. The third kappa shape index (κ3) is 3.00. The molecule has 0 bridgehead atoms. The van der Waals surface area contributed by atoms with Crippen LogP contribution >= 0.6 is 0 Å². The Labute approximate surface area is 101 Å². The number of carbonyl (C=O) groups is 1. The standard InChI is InChI=1S/C15H15NO/c1-12-4-2-5-13(10-12)7-8-14-6-3-9-16-15(14)11-17/h2-6,9-11H,7-8H2,1H3. The Morgan fingerprint density at radius 3 is 2.82 bits per heavy atom. The van der Waals surface area contributed by atoms with E-state index in [1.807, 2.05) is 12.1 Å². The van der Waals surface area contributed by atoms with Crippen LogP contribution in [0.3, 0.4) is 0 Å². The Hall–Kier alpha value is -1.96. The quantitative estimate of drug-likeness (QED) is 0.749. The second-order valence-corrected chi connectivity index (χ2v) is 4.15. The van der Waals surface area contributed by atoms with Crippen molar-refractivity contribution in [3.63, 3.8) is 0 Å². The lowest BCUT2D eigenvalue weighted by Gasteiger charge is -2.04. The van der Waals surface area contributed by atoms with Crippen LogP contribution in [0.5, 0.6) is 0 Å². The highest BCUT2D eigenvalue weighted by Crippen LogP contribution is 2.10. The molecule has 1 heterocycles. The van der Waals surface area contributed by atoms with Crippen molar-refractivity contribution in [3.05, 3.63) is 65.0 Å². The number of pyridine rings is 1. The number of aromatic nitrogens is 1. The van der Waals surface area contributed by atoms with Crippen LogP contribution in [0, 0.1) is 6.92 Å². The van der Waals surface area contributed by atoms with Gasteiger partial charge in [0.2, 0.25) is 0 Å². The number of aryl methyl sites for hydroxylation is 3. The summed E-state index contributed by atoms with van der Waals surface area (Å²) >= 11 is 0. The summed E-state index contributed by atoms with van der Waals surface area (Å²) in [5.74, 6) is 0. The van der Waals surface area contributed by atoms with Gasteiger partial charge in [0, 0.05) is 6.20 Å². The molecule has 0 saturated heterocycles. The van der Waals surface area contributed by atoms with Gasteiger partial charge in [-0.05, 0) is 37.0 Å². The summed E-state index contributed by atoms with van der Waals surface area (Å²) in [5.41, 5.74) is 4.14. The van der Waals surface area contributed by atoms with Gasteiger partial charge in [-0.25, -0.2) is 0 Å². The first kappa shape index (κ1) is 11.5. The van der Waals surface area contributed by atoms with E-state index < -0.39 is 0 Å². The van der Waals surface area contributed by atoms with Crippen molar-refractivity contribution in [1.82, 2.24) is 4.98 Å². The van der Waals surface area contributed by atoms with E-state index in [9.17, 15) is 4.79 Å². The molecule has 86 valence electrons. The van der Waals surface area contributed by atoms with E-state index in [2.05, 4.69) is 36.2 Å². The molecule has 0 aliphatic carbocycles. The molecule has 0 spiro atoms. The van der Waals surface area contributed by atoms with Crippen LogP contribution in [0.15, 0.2) is 42.6 Å². The lowest BCUT2D eigenvalue weighted by Crippen LogP contribution is -1.98. The van der Waals surface area contributed by atoms with Crippen LogP contribution in [0.4, 0.5) is 0 Å². The molecule has 0 saturated carbocycles. The van der Waals surface area contributed by atoms with Crippen LogP contribution in [-0.2, 0) is 12.8 Å². The van der Waals surface area contributed by atoms with Gasteiger partial charge >= 0.3 is 0 Å². The molecule has 0 unspecified atom stereocenters. The zero-order chi connectivity index (χ0) is 12.1. The van der Waals surface area contributed by atoms with Gasteiger partial charge in [0.05, 0.1) is 0 Å². The highest BCUT2D eigenvalue weighted by molar-refractivity contribution is 5.74. The molecule has 0 aliphatic rings. The molecule has 2 heteroatoms. The summed E-state index contributed by atoms with van der Waals surface area (Å²) < 4.78 is 0. The highest BCUT2D eigenvalue weighted by Gasteiger charge is 2.02. The van der Waals surface area contributed by atoms with Crippen molar-refractivity contribution in [3.8, 4) is 0 Å². The summed E-state index contributed by atoms with van der Waals surface area (Å²) in [6.45, 7) is 2.09. The van der Waals surface area contributed by atoms with Crippen molar-refractivity contribution in [1.29, 1.82) is 0 Å². The lowest BCUT2D eigenvalue weighted by atomic mass is 10.0. The molecule has 17 heavy (non-hydrogen) atoms. The van der Waals surface area contributed by atoms with Crippen LogP contribution in [0.25, 0.3) is 0 Å². The third-order valence-electron chi connectivity index (χ3n) is 2.80. The minimum Gasteiger partial charge on any atom is -0.296 e. The monoisotopic (exact) mass is 225 g/mol. The summed E-state index contributed by atoms with van der Waals surface area (Å²) in [6, 6.07) is 12.3. The molecular weight excluding hydrogens is 210 g/mol. The predicted molar refractivity (Wildman–Crippen MR) is 68.2 cm³/mol. The Morgan fingerprint density at radius 1 is 1.18 bits per heavy atom. The maximum Gasteiger partial charge on any atom is 0.168 e. The maximum absolute atomic E-state index is 10.8. The van der Waals surface area contributed by atoms with Gasteiger partial charge in [-0.2, -0.15) is 0 Å². The topological polar surface area (TPSA) is 30.0 Å². The number of hydrogen-bond acceptors (Lipinski definition) is 2. The molecule has 1 aromatic carbocycles. The molecule has 0 amide bonds. The van der Waals surface area contributed by atoms with E-state index in [1.165, 1.54) is 11.1 Å². The molecule has 2 rings (SSSR count). The molecule has 0 atom stereocenters. The molecular formula is C15H15NO. The average Bonchev–Trinajstić information content (AvgIpc) is 2.37. The Balaban J connectivity index is 2.09. The van der Waals surface area contributed by atoms with Gasteiger partial charge in [-0.1, -0.05) is 35.9 Å². The van der Waals surface area contributed by atoms with Crippen molar-refractivity contribution in [2.45, 2.75) is 19.8 Å². The highest BCUT2D eigenvalue weighted by atomic mass is 16.1. The van der Waals surface area contributed by atoms with Gasteiger partial charge in [-0.15, -0.1) is 0 Å². The Bertz CT molecular complexity index is 520. The van der Waals surface area contributed by atoms with Crippen LogP contribution in [-0.4, -0.2) is 11.3 Å². The normalized spacial score (nSPS) is 10.2. The lowest BCUT2D eigenvalue weighted by molar-refractivity contribution is 0.111. The largest absolute Gasteiger partial charge is 0.296 e. The Kier molecular flexibility index (Phi) is 3.66. The van der Waals surface area contributed by atoms with E-state index in [-0.39, 0.29) is 0 Å². The van der Waals surface area contributed by atoms with Crippen LogP contribution in [0.1, 0.15) is 27.2 Å². The maximum atomic E-state index is 10.8. The van der Waals surface area contributed by atoms with Gasteiger partial charge in [-0.3, -0.25) is 9.78 Å². The first-order valence-electron chi connectivity index (χ1n) is 5.74. The smallest absolute Gasteiger partial charge is 0.168 e. The summed E-state index contributed by atoms with van der Waals surface area (Å²) in [7, 11) is 0. The van der Waals surface area contributed by atoms with Gasteiger partial charge in [0.15, 0.2) is 6.29 Å². The van der Waals surface area contributed by atoms with Crippen molar-refractivity contribution in [2.24, 2.45) is 0 Å². The number of aldehydes is 1. The third-order valence-corrected chi connectivity index (χ3v) is 2.80. The van der Waals surface area contributed by atoms with Crippen LogP contribution < -0.4 is 0 Å². The van der Waals surface area contributed by atoms with Crippen molar-refractivity contribution in [2.75, 3.05) is 0 Å². The van der Waals surface area contributed by atoms with E-state index in [4.69, 9.17) is 0 Å². The first-order valence-corrected chi connectivity index (χ1v) is 5.74. The fourth-order valence-corrected chi connectivity index (χ4v) is 1.91. The molecule has 2 nitrogen and oxygen atoms in total. The second kappa shape index (κ2) is 5.39. The number of carbonyl (C=O) groups excluding carboxylic acids is 1. The van der Waals surface area contributed by atoms with E-state index in [1.54, 1.807) is 6.20 Å². The number of benzene rings is 1. The fourth-order valence-electron chi connectivity index (χ4n) is 1.91. The molecule has 0 radical (unpaired) electrons. The summed E-state index contributed by atoms with van der Waals surface area (Å²) in [5, 5.41) is 0. The SMILES string of the molecule is Cc1cccc(CCc2cccnc2C=O)c1. The van der Waals surface area contributed by atoms with Gasteiger partial charge in [0.1, 0.15) is 5.69 Å². The van der Waals surface area contributed by atoms with E-state index in [0.717, 1.165) is 24.7 Å².